The summed E-state index contributed by atoms with van der Waals surface area (Å²) in [5.74, 6) is 0.408. The smallest absolute Gasteiger partial charge is 0.410 e. The van der Waals surface area contributed by atoms with E-state index in [1.807, 2.05) is 116 Å². The van der Waals surface area contributed by atoms with Gasteiger partial charge in [-0.2, -0.15) is 0 Å². The standard InChI is InChI=1S/C33H36N4O4/c1-24-20-34-29-19-31(40-22-25-10-6-4-7-11-25)28(18-27(24)29)32(38)30(21-35(2)3)36-14-16-37(17-15-36)33(39)41-23-26-12-8-5-9-13-26/h4-13,18-21,34H,14-17,22-23H2,1-3H3/b30-21-. The first kappa shape index (κ1) is 27.8. The lowest BCUT2D eigenvalue weighted by Gasteiger charge is -2.36. The fourth-order valence-electron chi connectivity index (χ4n) is 4.93. The van der Waals surface area contributed by atoms with Crippen LogP contribution in [0.4, 0.5) is 4.79 Å². The number of nitrogens with one attached hydrogen (secondary N) is 1. The molecule has 1 amide bonds. The Hall–Kier alpha value is -4.72. The highest BCUT2D eigenvalue weighted by molar-refractivity contribution is 6.12. The molecule has 4 aromatic rings. The third kappa shape index (κ3) is 6.72. The van der Waals surface area contributed by atoms with E-state index < -0.39 is 0 Å². The van der Waals surface area contributed by atoms with Crippen LogP contribution in [0.15, 0.2) is 90.9 Å². The van der Waals surface area contributed by atoms with Crippen molar-refractivity contribution in [1.29, 1.82) is 0 Å². The van der Waals surface area contributed by atoms with E-state index in [2.05, 4.69) is 4.98 Å². The second-order valence-corrected chi connectivity index (χ2v) is 10.5. The number of hydrogen-bond acceptors (Lipinski definition) is 6. The summed E-state index contributed by atoms with van der Waals surface area (Å²) >= 11 is 0. The second-order valence-electron chi connectivity index (χ2n) is 10.5. The number of carbonyl (C=O) groups is 2. The van der Waals surface area contributed by atoms with Gasteiger partial charge in [-0.15, -0.1) is 0 Å². The van der Waals surface area contributed by atoms with Crippen LogP contribution in [0, 0.1) is 6.92 Å². The van der Waals surface area contributed by atoms with E-state index in [9.17, 15) is 9.59 Å². The molecule has 1 aliphatic rings. The number of aromatic nitrogens is 1. The highest BCUT2D eigenvalue weighted by Crippen LogP contribution is 2.31. The summed E-state index contributed by atoms with van der Waals surface area (Å²) in [6, 6.07) is 23.4. The Morgan fingerprint density at radius 3 is 2.12 bits per heavy atom. The minimum absolute atomic E-state index is 0.121. The van der Waals surface area contributed by atoms with E-state index in [1.165, 1.54) is 0 Å². The number of amides is 1. The highest BCUT2D eigenvalue weighted by atomic mass is 16.6. The summed E-state index contributed by atoms with van der Waals surface area (Å²) in [5.41, 5.74) is 5.01. The van der Waals surface area contributed by atoms with Gasteiger partial charge in [-0.3, -0.25) is 4.79 Å². The van der Waals surface area contributed by atoms with Crippen LogP contribution in [0.3, 0.4) is 0 Å². The number of Topliss-reactive ketones (excluding diaryl/α,β-unsaturated/α-hetero) is 1. The largest absolute Gasteiger partial charge is 0.488 e. The van der Waals surface area contributed by atoms with Gasteiger partial charge in [0.05, 0.1) is 5.56 Å². The Balaban J connectivity index is 1.34. The first-order valence-electron chi connectivity index (χ1n) is 13.8. The number of ether oxygens (including phenoxy) is 2. The van der Waals surface area contributed by atoms with Crippen LogP contribution in [0.1, 0.15) is 27.0 Å². The SMILES string of the molecule is Cc1c[nH]c2cc(OCc3ccccc3)c(C(=O)/C(=C/N(C)C)N3CCN(C(=O)OCc4ccccc4)CC3)cc12. The molecule has 8 heteroatoms. The molecule has 1 aliphatic heterocycles. The van der Waals surface area contributed by atoms with Gasteiger partial charge in [0.2, 0.25) is 5.78 Å². The number of allylic oxidation sites excluding steroid dienone is 1. The molecule has 5 rings (SSSR count). The number of H-pyrrole nitrogens is 1. The molecule has 0 atom stereocenters. The Bertz CT molecular complexity index is 1520. The minimum Gasteiger partial charge on any atom is -0.488 e. The first-order chi connectivity index (χ1) is 19.9. The molecule has 1 saturated heterocycles. The van der Waals surface area contributed by atoms with Crippen molar-refractivity contribution in [1.82, 2.24) is 19.7 Å². The third-order valence-corrected chi connectivity index (χ3v) is 7.17. The molecule has 212 valence electrons. The van der Waals surface area contributed by atoms with Gasteiger partial charge in [0.1, 0.15) is 24.7 Å². The monoisotopic (exact) mass is 552 g/mol. The molecule has 8 nitrogen and oxygen atoms in total. The molecule has 2 heterocycles. The molecular formula is C33H36N4O4. The molecule has 0 bridgehead atoms. The summed E-state index contributed by atoms with van der Waals surface area (Å²) < 4.78 is 11.8. The molecule has 0 saturated carbocycles. The maximum Gasteiger partial charge on any atom is 0.410 e. The quantitative estimate of drug-likeness (QED) is 0.215. The fourth-order valence-corrected chi connectivity index (χ4v) is 4.93. The Kier molecular flexibility index (Phi) is 8.58. The Labute approximate surface area is 240 Å². The molecule has 1 aromatic heterocycles. The van der Waals surface area contributed by atoms with Gasteiger partial charge < -0.3 is 29.2 Å². The van der Waals surface area contributed by atoms with E-state index >= 15 is 0 Å². The van der Waals surface area contributed by atoms with Crippen LogP contribution in [-0.4, -0.2) is 71.8 Å². The predicted molar refractivity (Wildman–Crippen MR) is 160 cm³/mol. The molecule has 0 aliphatic carbocycles. The second kappa shape index (κ2) is 12.6. The summed E-state index contributed by atoms with van der Waals surface area (Å²) in [7, 11) is 3.80. The number of benzene rings is 3. The number of piperazine rings is 1. The number of fused-ring (bicyclic) bond motifs is 1. The van der Waals surface area contributed by atoms with E-state index in [1.54, 1.807) is 4.90 Å². The van der Waals surface area contributed by atoms with E-state index in [0.717, 1.165) is 27.6 Å². The zero-order chi connectivity index (χ0) is 28.8. The van der Waals surface area contributed by atoms with Crippen LogP contribution in [0.2, 0.25) is 0 Å². The van der Waals surface area contributed by atoms with Crippen LogP contribution >= 0.6 is 0 Å². The van der Waals surface area contributed by atoms with Gasteiger partial charge in [-0.1, -0.05) is 60.7 Å². The number of hydrogen-bond donors (Lipinski definition) is 1. The van der Waals surface area contributed by atoms with Crippen molar-refractivity contribution >= 4 is 22.8 Å². The van der Waals surface area contributed by atoms with Gasteiger partial charge in [-0.25, -0.2) is 4.79 Å². The summed E-state index contributed by atoms with van der Waals surface area (Å²) in [5, 5.41) is 0.982. The lowest BCUT2D eigenvalue weighted by atomic mass is 10.0. The molecule has 41 heavy (non-hydrogen) atoms. The minimum atomic E-state index is -0.344. The average Bonchev–Trinajstić information content (AvgIpc) is 3.37. The highest BCUT2D eigenvalue weighted by Gasteiger charge is 2.29. The number of ketones is 1. The maximum absolute atomic E-state index is 14.2. The van der Waals surface area contributed by atoms with Crippen molar-refractivity contribution in [2.45, 2.75) is 20.1 Å². The Morgan fingerprint density at radius 2 is 1.49 bits per heavy atom. The van der Waals surface area contributed by atoms with Crippen LogP contribution < -0.4 is 4.74 Å². The van der Waals surface area contributed by atoms with Crippen molar-refractivity contribution in [3.8, 4) is 5.75 Å². The number of aryl methyl sites for hydroxylation is 1. The van der Waals surface area contributed by atoms with Crippen LogP contribution in [0.25, 0.3) is 10.9 Å². The topological polar surface area (TPSA) is 78.1 Å². The maximum atomic E-state index is 14.2. The summed E-state index contributed by atoms with van der Waals surface area (Å²) in [6.45, 7) is 4.54. The summed E-state index contributed by atoms with van der Waals surface area (Å²) in [4.78, 5) is 35.8. The lowest BCUT2D eigenvalue weighted by Crippen LogP contribution is -2.49. The lowest BCUT2D eigenvalue weighted by molar-refractivity contribution is 0.0748. The molecule has 3 aromatic carbocycles. The zero-order valence-corrected chi connectivity index (χ0v) is 23.8. The number of nitrogens with zero attached hydrogens (tertiary/aromatic N) is 3. The van der Waals surface area contributed by atoms with Crippen molar-refractivity contribution in [3.05, 3.63) is 113 Å². The van der Waals surface area contributed by atoms with E-state index in [0.29, 0.717) is 49.8 Å². The zero-order valence-electron chi connectivity index (χ0n) is 23.8. The fraction of sp³-hybridized carbons (Fsp3) is 0.273. The summed E-state index contributed by atoms with van der Waals surface area (Å²) in [6.07, 6.45) is 3.44. The molecular weight excluding hydrogens is 516 g/mol. The first-order valence-corrected chi connectivity index (χ1v) is 13.8. The van der Waals surface area contributed by atoms with Crippen molar-refractivity contribution in [3.63, 3.8) is 0 Å². The molecule has 1 N–H and O–H groups in total. The van der Waals surface area contributed by atoms with Gasteiger partial charge in [0.15, 0.2) is 0 Å². The molecule has 1 fully saturated rings. The molecule has 0 radical (unpaired) electrons. The van der Waals surface area contributed by atoms with Crippen molar-refractivity contribution in [2.75, 3.05) is 40.3 Å². The van der Waals surface area contributed by atoms with Crippen molar-refractivity contribution < 1.29 is 19.1 Å². The third-order valence-electron chi connectivity index (χ3n) is 7.17. The number of aromatic amines is 1. The number of rotatable bonds is 9. The van der Waals surface area contributed by atoms with Gasteiger partial charge in [-0.05, 0) is 29.7 Å². The van der Waals surface area contributed by atoms with Gasteiger partial charge in [0, 0.05) is 69.6 Å². The van der Waals surface area contributed by atoms with Gasteiger partial charge in [0.25, 0.3) is 0 Å². The van der Waals surface area contributed by atoms with Crippen molar-refractivity contribution in [2.24, 2.45) is 0 Å². The number of carbonyl (C=O) groups excluding carboxylic acids is 2. The van der Waals surface area contributed by atoms with E-state index in [4.69, 9.17) is 9.47 Å². The van der Waals surface area contributed by atoms with Gasteiger partial charge >= 0.3 is 6.09 Å². The normalized spacial score (nSPS) is 13.8. The van der Waals surface area contributed by atoms with Crippen LogP contribution in [-0.2, 0) is 18.0 Å². The Morgan fingerprint density at radius 1 is 0.878 bits per heavy atom. The van der Waals surface area contributed by atoms with Crippen LogP contribution in [0.5, 0.6) is 5.75 Å². The molecule has 0 spiro atoms. The molecule has 0 unspecified atom stereocenters. The average molecular weight is 553 g/mol. The predicted octanol–water partition coefficient (Wildman–Crippen LogP) is 5.60. The van der Waals surface area contributed by atoms with E-state index in [-0.39, 0.29) is 18.5 Å².